The SMILES string of the molecule is COc1ccc(N(C)CC2CCCNC2)cc1F. The van der Waals surface area contributed by atoms with Crippen LogP contribution in [0.4, 0.5) is 10.1 Å². The molecule has 2 rings (SSSR count). The number of nitrogens with zero attached hydrogens (tertiary/aromatic N) is 1. The van der Waals surface area contributed by atoms with Crippen LogP contribution in [0.1, 0.15) is 12.8 Å². The maximum absolute atomic E-state index is 13.6. The second-order valence-corrected chi connectivity index (χ2v) is 4.91. The molecule has 0 aromatic heterocycles. The fourth-order valence-electron chi connectivity index (χ4n) is 2.47. The number of ether oxygens (including phenoxy) is 1. The Labute approximate surface area is 108 Å². The molecule has 1 atom stereocenters. The van der Waals surface area contributed by atoms with Crippen molar-refractivity contribution in [1.29, 1.82) is 0 Å². The van der Waals surface area contributed by atoms with Gasteiger partial charge >= 0.3 is 0 Å². The molecule has 0 radical (unpaired) electrons. The molecule has 0 amide bonds. The molecule has 0 spiro atoms. The molecule has 3 nitrogen and oxygen atoms in total. The molecule has 1 fully saturated rings. The summed E-state index contributed by atoms with van der Waals surface area (Å²) < 4.78 is 18.6. The summed E-state index contributed by atoms with van der Waals surface area (Å²) >= 11 is 0. The van der Waals surface area contributed by atoms with Gasteiger partial charge in [0.1, 0.15) is 0 Å². The molecule has 100 valence electrons. The van der Waals surface area contributed by atoms with E-state index in [-0.39, 0.29) is 5.82 Å². The van der Waals surface area contributed by atoms with Crippen molar-refractivity contribution in [3.05, 3.63) is 24.0 Å². The van der Waals surface area contributed by atoms with E-state index in [1.165, 1.54) is 26.0 Å². The second-order valence-electron chi connectivity index (χ2n) is 4.91. The molecule has 1 unspecified atom stereocenters. The Morgan fingerprint density at radius 1 is 1.50 bits per heavy atom. The van der Waals surface area contributed by atoms with E-state index in [0.29, 0.717) is 11.7 Å². The fourth-order valence-corrected chi connectivity index (χ4v) is 2.47. The standard InChI is InChI=1S/C14H21FN2O/c1-17(10-11-4-3-7-16-9-11)12-5-6-14(18-2)13(15)8-12/h5-6,8,11,16H,3-4,7,9-10H2,1-2H3. The first kappa shape index (κ1) is 13.1. The monoisotopic (exact) mass is 252 g/mol. The first-order chi connectivity index (χ1) is 8.70. The number of piperidine rings is 1. The summed E-state index contributed by atoms with van der Waals surface area (Å²) in [5.41, 5.74) is 0.902. The van der Waals surface area contributed by atoms with Gasteiger partial charge in [-0.05, 0) is 44.0 Å². The van der Waals surface area contributed by atoms with Crippen LogP contribution in [0.2, 0.25) is 0 Å². The summed E-state index contributed by atoms with van der Waals surface area (Å²) in [7, 11) is 3.49. The molecule has 4 heteroatoms. The Bertz CT molecular complexity index is 391. The minimum Gasteiger partial charge on any atom is -0.494 e. The number of nitrogens with one attached hydrogen (secondary N) is 1. The van der Waals surface area contributed by atoms with Gasteiger partial charge in [0.15, 0.2) is 11.6 Å². The van der Waals surface area contributed by atoms with Crippen molar-refractivity contribution in [1.82, 2.24) is 5.32 Å². The van der Waals surface area contributed by atoms with Crippen molar-refractivity contribution in [2.75, 3.05) is 38.7 Å². The zero-order valence-corrected chi connectivity index (χ0v) is 11.1. The Hall–Kier alpha value is -1.29. The topological polar surface area (TPSA) is 24.5 Å². The molecular weight excluding hydrogens is 231 g/mol. The number of hydrogen-bond donors (Lipinski definition) is 1. The summed E-state index contributed by atoms with van der Waals surface area (Å²) in [6.45, 7) is 3.14. The van der Waals surface area contributed by atoms with E-state index in [9.17, 15) is 4.39 Å². The van der Waals surface area contributed by atoms with Gasteiger partial charge < -0.3 is 15.0 Å². The van der Waals surface area contributed by atoms with Crippen molar-refractivity contribution in [3.63, 3.8) is 0 Å². The average Bonchev–Trinajstić information content (AvgIpc) is 2.39. The zero-order chi connectivity index (χ0) is 13.0. The van der Waals surface area contributed by atoms with E-state index >= 15 is 0 Å². The molecule has 1 saturated heterocycles. The molecule has 1 aliphatic heterocycles. The predicted octanol–water partition coefficient (Wildman–Crippen LogP) is 2.27. The first-order valence-corrected chi connectivity index (χ1v) is 6.46. The number of rotatable bonds is 4. The lowest BCUT2D eigenvalue weighted by molar-refractivity contribution is 0.379. The lowest BCUT2D eigenvalue weighted by Crippen LogP contribution is -2.36. The molecular formula is C14H21FN2O. The van der Waals surface area contributed by atoms with E-state index in [1.807, 2.05) is 13.1 Å². The Morgan fingerprint density at radius 3 is 2.94 bits per heavy atom. The van der Waals surface area contributed by atoms with E-state index in [4.69, 9.17) is 4.74 Å². The minimum atomic E-state index is -0.302. The third-order valence-corrected chi connectivity index (χ3v) is 3.51. The third kappa shape index (κ3) is 3.13. The third-order valence-electron chi connectivity index (χ3n) is 3.51. The fraction of sp³-hybridized carbons (Fsp3) is 0.571. The molecule has 1 aromatic carbocycles. The first-order valence-electron chi connectivity index (χ1n) is 6.46. The molecule has 1 aliphatic rings. The molecule has 0 aliphatic carbocycles. The highest BCUT2D eigenvalue weighted by atomic mass is 19.1. The Balaban J connectivity index is 1.99. The largest absolute Gasteiger partial charge is 0.494 e. The highest BCUT2D eigenvalue weighted by Gasteiger charge is 2.16. The van der Waals surface area contributed by atoms with E-state index < -0.39 is 0 Å². The normalized spacial score (nSPS) is 19.6. The molecule has 18 heavy (non-hydrogen) atoms. The molecule has 0 bridgehead atoms. The van der Waals surface area contributed by atoms with Crippen LogP contribution in [-0.2, 0) is 0 Å². The van der Waals surface area contributed by atoms with E-state index in [2.05, 4.69) is 10.2 Å². The Morgan fingerprint density at radius 2 is 2.33 bits per heavy atom. The molecule has 1 heterocycles. The summed E-state index contributed by atoms with van der Waals surface area (Å²) in [4.78, 5) is 2.11. The van der Waals surface area contributed by atoms with Crippen LogP contribution < -0.4 is 15.0 Å². The zero-order valence-electron chi connectivity index (χ0n) is 11.1. The van der Waals surface area contributed by atoms with Crippen LogP contribution in [-0.4, -0.2) is 33.8 Å². The van der Waals surface area contributed by atoms with Crippen LogP contribution >= 0.6 is 0 Å². The lowest BCUT2D eigenvalue weighted by Gasteiger charge is -2.29. The average molecular weight is 252 g/mol. The van der Waals surface area contributed by atoms with Gasteiger partial charge in [0, 0.05) is 25.3 Å². The van der Waals surface area contributed by atoms with Gasteiger partial charge in [-0.1, -0.05) is 0 Å². The van der Waals surface area contributed by atoms with Gasteiger partial charge in [-0.15, -0.1) is 0 Å². The van der Waals surface area contributed by atoms with E-state index in [1.54, 1.807) is 6.07 Å². The number of methoxy groups -OCH3 is 1. The summed E-state index contributed by atoms with van der Waals surface area (Å²) in [6, 6.07) is 5.12. The van der Waals surface area contributed by atoms with Crippen molar-refractivity contribution in [2.45, 2.75) is 12.8 Å². The van der Waals surface area contributed by atoms with Crippen LogP contribution in [0, 0.1) is 11.7 Å². The number of benzene rings is 1. The maximum Gasteiger partial charge on any atom is 0.167 e. The lowest BCUT2D eigenvalue weighted by atomic mass is 9.99. The molecule has 0 saturated carbocycles. The van der Waals surface area contributed by atoms with Gasteiger partial charge in [0.25, 0.3) is 0 Å². The highest BCUT2D eigenvalue weighted by molar-refractivity contribution is 5.49. The van der Waals surface area contributed by atoms with Gasteiger partial charge in [-0.2, -0.15) is 0 Å². The van der Waals surface area contributed by atoms with Crippen LogP contribution in [0.15, 0.2) is 18.2 Å². The van der Waals surface area contributed by atoms with Crippen LogP contribution in [0.3, 0.4) is 0 Å². The minimum absolute atomic E-state index is 0.298. The van der Waals surface area contributed by atoms with Crippen molar-refractivity contribution in [3.8, 4) is 5.75 Å². The predicted molar refractivity (Wildman–Crippen MR) is 71.8 cm³/mol. The summed E-state index contributed by atoms with van der Waals surface area (Å²) in [6.07, 6.45) is 2.48. The maximum atomic E-state index is 13.6. The Kier molecular flexibility index (Phi) is 4.42. The molecule has 1 N–H and O–H groups in total. The van der Waals surface area contributed by atoms with Crippen LogP contribution in [0.5, 0.6) is 5.75 Å². The van der Waals surface area contributed by atoms with Gasteiger partial charge in [-0.25, -0.2) is 4.39 Å². The summed E-state index contributed by atoms with van der Waals surface area (Å²) in [5, 5.41) is 3.40. The highest BCUT2D eigenvalue weighted by Crippen LogP contribution is 2.24. The van der Waals surface area contributed by atoms with Crippen LogP contribution in [0.25, 0.3) is 0 Å². The number of halogens is 1. The van der Waals surface area contributed by atoms with Gasteiger partial charge in [-0.3, -0.25) is 0 Å². The van der Waals surface area contributed by atoms with Crippen molar-refractivity contribution in [2.24, 2.45) is 5.92 Å². The molecule has 1 aromatic rings. The quantitative estimate of drug-likeness (QED) is 0.889. The van der Waals surface area contributed by atoms with Crippen molar-refractivity contribution < 1.29 is 9.13 Å². The summed E-state index contributed by atoms with van der Waals surface area (Å²) in [5.74, 6) is 0.643. The number of anilines is 1. The van der Waals surface area contributed by atoms with Crippen molar-refractivity contribution >= 4 is 5.69 Å². The number of hydrogen-bond acceptors (Lipinski definition) is 3. The second kappa shape index (κ2) is 6.05. The van der Waals surface area contributed by atoms with E-state index in [0.717, 1.165) is 25.3 Å². The van der Waals surface area contributed by atoms with Gasteiger partial charge in [0.2, 0.25) is 0 Å². The smallest absolute Gasteiger partial charge is 0.167 e. The van der Waals surface area contributed by atoms with Gasteiger partial charge in [0.05, 0.1) is 7.11 Å².